The molecule has 6 rings (SSSR count). The van der Waals surface area contributed by atoms with Gasteiger partial charge < -0.3 is 4.90 Å². The molecule has 2 aromatic carbocycles. The van der Waals surface area contributed by atoms with E-state index in [2.05, 4.69) is 58.5 Å². The maximum Gasteiger partial charge on any atom is 0.169 e. The highest BCUT2D eigenvalue weighted by Gasteiger charge is 2.25. The Bertz CT molecular complexity index is 1500. The highest BCUT2D eigenvalue weighted by atomic mass is 32.1. The van der Waals surface area contributed by atoms with Crippen molar-refractivity contribution in [2.75, 3.05) is 31.1 Å². The van der Waals surface area contributed by atoms with Crippen LogP contribution in [0.25, 0.3) is 16.7 Å². The zero-order chi connectivity index (χ0) is 25.4. The van der Waals surface area contributed by atoms with Gasteiger partial charge in [0.2, 0.25) is 0 Å². The fourth-order valence-electron chi connectivity index (χ4n) is 4.90. The van der Waals surface area contributed by atoms with Crippen LogP contribution in [0.15, 0.2) is 66.0 Å². The molecule has 0 unspecified atom stereocenters. The normalized spacial score (nSPS) is 14.5. The van der Waals surface area contributed by atoms with E-state index in [0.717, 1.165) is 66.8 Å². The third-order valence-electron chi connectivity index (χ3n) is 6.91. The van der Waals surface area contributed by atoms with Crippen LogP contribution >= 0.6 is 11.3 Å². The van der Waals surface area contributed by atoms with Crippen molar-refractivity contribution in [3.8, 4) is 5.69 Å². The van der Waals surface area contributed by atoms with E-state index >= 15 is 0 Å². The molecule has 5 aromatic rings. The molecule has 0 saturated carbocycles. The first kappa shape index (κ1) is 23.8. The molecule has 188 valence electrons. The van der Waals surface area contributed by atoms with Gasteiger partial charge in [-0.1, -0.05) is 35.9 Å². The summed E-state index contributed by atoms with van der Waals surface area (Å²) in [6.07, 6.45) is 0.634. The summed E-state index contributed by atoms with van der Waals surface area (Å²) in [5.41, 5.74) is 4.81. The average Bonchev–Trinajstić information content (AvgIpc) is 3.54. The number of rotatable bonds is 6. The molecule has 4 heterocycles. The zero-order valence-electron chi connectivity index (χ0n) is 21.1. The summed E-state index contributed by atoms with van der Waals surface area (Å²) in [6, 6.07) is 19.2. The first-order valence-electron chi connectivity index (χ1n) is 12.6. The molecule has 0 bridgehead atoms. The number of aromatic nitrogens is 4. The highest BCUT2D eigenvalue weighted by Crippen LogP contribution is 2.30. The van der Waals surface area contributed by atoms with Gasteiger partial charge in [-0.2, -0.15) is 5.10 Å². The molecule has 0 spiro atoms. The molecule has 0 amide bonds. The fourth-order valence-corrected chi connectivity index (χ4v) is 5.65. The van der Waals surface area contributed by atoms with Gasteiger partial charge in [0.05, 0.1) is 16.8 Å². The summed E-state index contributed by atoms with van der Waals surface area (Å²) in [5.74, 6) is 1.43. The highest BCUT2D eigenvalue weighted by molar-refractivity contribution is 7.09. The average molecular weight is 513 g/mol. The van der Waals surface area contributed by atoms with Crippen LogP contribution in [0.1, 0.15) is 27.5 Å². The molecule has 3 aromatic heterocycles. The Hall–Kier alpha value is -3.62. The number of halogens is 1. The van der Waals surface area contributed by atoms with Gasteiger partial charge in [0, 0.05) is 44.0 Å². The number of hydrogen-bond donors (Lipinski definition) is 0. The summed E-state index contributed by atoms with van der Waals surface area (Å²) in [4.78, 5) is 16.4. The van der Waals surface area contributed by atoms with Gasteiger partial charge in [0.1, 0.15) is 17.5 Å². The van der Waals surface area contributed by atoms with Crippen molar-refractivity contribution in [1.29, 1.82) is 0 Å². The molecular weight excluding hydrogens is 483 g/mol. The lowest BCUT2D eigenvalue weighted by molar-refractivity contribution is 0.251. The second-order valence-electron chi connectivity index (χ2n) is 9.64. The Morgan fingerprint density at radius 2 is 1.65 bits per heavy atom. The van der Waals surface area contributed by atoms with Gasteiger partial charge in [-0.15, -0.1) is 11.3 Å². The minimum Gasteiger partial charge on any atom is -0.353 e. The zero-order valence-corrected chi connectivity index (χ0v) is 21.9. The standard InChI is InChI=1S/C29H29FN6S/c1-20-5-7-22(8-6-20)18-26-31-28(35-15-13-34(14-16-35)19-25-4-3-17-37-25)27-21(2)33-36(29(27)32-26)24-11-9-23(30)10-12-24/h3-12,17H,13-16,18-19H2,1-2H3. The predicted octanol–water partition coefficient (Wildman–Crippen LogP) is 5.55. The summed E-state index contributed by atoms with van der Waals surface area (Å²) >= 11 is 1.81. The van der Waals surface area contributed by atoms with Crippen molar-refractivity contribution in [3.63, 3.8) is 0 Å². The van der Waals surface area contributed by atoms with E-state index in [-0.39, 0.29) is 5.82 Å². The SMILES string of the molecule is Cc1ccc(Cc2nc(N3CCN(Cc4cccs4)CC3)c3c(C)nn(-c4ccc(F)cc4)c3n2)cc1. The van der Waals surface area contributed by atoms with Crippen LogP contribution in [-0.2, 0) is 13.0 Å². The Labute approximate surface area is 220 Å². The topological polar surface area (TPSA) is 50.1 Å². The lowest BCUT2D eigenvalue weighted by Gasteiger charge is -2.35. The van der Waals surface area contributed by atoms with Crippen LogP contribution in [-0.4, -0.2) is 50.8 Å². The smallest absolute Gasteiger partial charge is 0.169 e. The Kier molecular flexibility index (Phi) is 6.44. The van der Waals surface area contributed by atoms with Gasteiger partial charge >= 0.3 is 0 Å². The van der Waals surface area contributed by atoms with Crippen LogP contribution in [0, 0.1) is 19.7 Å². The molecule has 1 saturated heterocycles. The minimum absolute atomic E-state index is 0.271. The second kappa shape index (κ2) is 10.0. The number of hydrogen-bond acceptors (Lipinski definition) is 6. The van der Waals surface area contributed by atoms with E-state index in [1.54, 1.807) is 12.1 Å². The predicted molar refractivity (Wildman–Crippen MR) is 147 cm³/mol. The van der Waals surface area contributed by atoms with Crippen molar-refractivity contribution >= 4 is 28.2 Å². The van der Waals surface area contributed by atoms with Crippen LogP contribution in [0.2, 0.25) is 0 Å². The summed E-state index contributed by atoms with van der Waals surface area (Å²) < 4.78 is 15.5. The fraction of sp³-hybridized carbons (Fsp3) is 0.276. The van der Waals surface area contributed by atoms with Gasteiger partial charge in [-0.05, 0) is 55.1 Å². The first-order chi connectivity index (χ1) is 18.0. The van der Waals surface area contributed by atoms with E-state index in [1.807, 2.05) is 22.9 Å². The monoisotopic (exact) mass is 512 g/mol. The Balaban J connectivity index is 1.38. The first-order valence-corrected chi connectivity index (χ1v) is 13.5. The molecule has 37 heavy (non-hydrogen) atoms. The van der Waals surface area contributed by atoms with Gasteiger partial charge in [0.25, 0.3) is 0 Å². The number of anilines is 1. The maximum atomic E-state index is 13.6. The number of fused-ring (bicyclic) bond motifs is 1. The van der Waals surface area contributed by atoms with Gasteiger partial charge in [0.15, 0.2) is 5.65 Å². The third kappa shape index (κ3) is 4.99. The molecule has 1 aliphatic heterocycles. The van der Waals surface area contributed by atoms with Crippen LogP contribution in [0.3, 0.4) is 0 Å². The molecular formula is C29H29FN6S. The Morgan fingerprint density at radius 1 is 0.892 bits per heavy atom. The molecule has 0 N–H and O–H groups in total. The van der Waals surface area contributed by atoms with Crippen LogP contribution < -0.4 is 4.90 Å². The lowest BCUT2D eigenvalue weighted by atomic mass is 10.1. The maximum absolute atomic E-state index is 13.6. The summed E-state index contributed by atoms with van der Waals surface area (Å²) in [5, 5.41) is 7.93. The van der Waals surface area contributed by atoms with Crippen molar-refractivity contribution in [2.24, 2.45) is 0 Å². The van der Waals surface area contributed by atoms with E-state index < -0.39 is 0 Å². The lowest BCUT2D eigenvalue weighted by Crippen LogP contribution is -2.46. The van der Waals surface area contributed by atoms with Crippen molar-refractivity contribution < 1.29 is 4.39 Å². The number of benzene rings is 2. The quantitative estimate of drug-likeness (QED) is 0.299. The molecule has 0 atom stereocenters. The molecule has 8 heteroatoms. The number of nitrogens with zero attached hydrogens (tertiary/aromatic N) is 6. The van der Waals surface area contributed by atoms with Crippen molar-refractivity contribution in [1.82, 2.24) is 24.6 Å². The minimum atomic E-state index is -0.271. The van der Waals surface area contributed by atoms with Gasteiger partial charge in [-0.3, -0.25) is 4.90 Å². The van der Waals surface area contributed by atoms with Crippen molar-refractivity contribution in [3.05, 3.63) is 99.4 Å². The van der Waals surface area contributed by atoms with Crippen LogP contribution in [0.4, 0.5) is 10.2 Å². The number of piperazine rings is 1. The van der Waals surface area contributed by atoms with E-state index in [9.17, 15) is 4.39 Å². The molecule has 1 fully saturated rings. The summed E-state index contributed by atoms with van der Waals surface area (Å²) in [7, 11) is 0. The molecule has 1 aliphatic rings. The van der Waals surface area contributed by atoms with E-state index in [4.69, 9.17) is 15.1 Å². The van der Waals surface area contributed by atoms with E-state index in [1.165, 1.54) is 28.1 Å². The molecule has 0 radical (unpaired) electrons. The molecule has 6 nitrogen and oxygen atoms in total. The second-order valence-corrected chi connectivity index (χ2v) is 10.7. The van der Waals surface area contributed by atoms with Crippen LogP contribution in [0.5, 0.6) is 0 Å². The number of aryl methyl sites for hydroxylation is 2. The third-order valence-corrected chi connectivity index (χ3v) is 7.78. The molecule has 0 aliphatic carbocycles. The van der Waals surface area contributed by atoms with E-state index in [0.29, 0.717) is 6.42 Å². The summed E-state index contributed by atoms with van der Waals surface area (Å²) in [6.45, 7) is 8.81. The number of thiophene rings is 1. The largest absolute Gasteiger partial charge is 0.353 e. The Morgan fingerprint density at radius 3 is 2.35 bits per heavy atom. The van der Waals surface area contributed by atoms with Gasteiger partial charge in [-0.25, -0.2) is 19.0 Å². The van der Waals surface area contributed by atoms with Crippen molar-refractivity contribution in [2.45, 2.75) is 26.8 Å².